The van der Waals surface area contributed by atoms with Crippen molar-refractivity contribution in [2.45, 2.75) is 38.2 Å². The normalized spacial score (nSPS) is 14.7. The SMILES string of the molecule is CCn1c(COc2ccccc2C)nnc1SCC(=O)N[C@H]1COc2ccc(Cl)cc21. The van der Waals surface area contributed by atoms with Gasteiger partial charge in [-0.15, -0.1) is 10.2 Å². The number of aromatic nitrogens is 3. The first kappa shape index (κ1) is 21.5. The van der Waals surface area contributed by atoms with Gasteiger partial charge >= 0.3 is 0 Å². The molecule has 9 heteroatoms. The maximum absolute atomic E-state index is 12.5. The largest absolute Gasteiger partial charge is 0.491 e. The number of fused-ring (bicyclic) bond motifs is 1. The number of thioether (sulfide) groups is 1. The number of nitrogens with one attached hydrogen (secondary N) is 1. The summed E-state index contributed by atoms with van der Waals surface area (Å²) < 4.78 is 13.5. The van der Waals surface area contributed by atoms with E-state index in [0.29, 0.717) is 29.9 Å². The Bertz CT molecular complexity index is 1090. The predicted octanol–water partition coefficient (Wildman–Crippen LogP) is 4.18. The van der Waals surface area contributed by atoms with Crippen LogP contribution < -0.4 is 14.8 Å². The van der Waals surface area contributed by atoms with Crippen LogP contribution in [0, 0.1) is 6.92 Å². The first-order chi connectivity index (χ1) is 15.0. The fraction of sp³-hybridized carbons (Fsp3) is 0.318. The Balaban J connectivity index is 1.34. The van der Waals surface area contributed by atoms with Gasteiger partial charge in [-0.25, -0.2) is 0 Å². The van der Waals surface area contributed by atoms with E-state index in [4.69, 9.17) is 21.1 Å². The molecule has 31 heavy (non-hydrogen) atoms. The zero-order valence-corrected chi connectivity index (χ0v) is 18.9. The Kier molecular flexibility index (Phi) is 6.67. The number of hydrogen-bond donors (Lipinski definition) is 1. The highest BCUT2D eigenvalue weighted by Gasteiger charge is 2.26. The van der Waals surface area contributed by atoms with Crippen LogP contribution in [0.4, 0.5) is 0 Å². The van der Waals surface area contributed by atoms with Gasteiger partial charge in [-0.05, 0) is 43.7 Å². The second-order valence-corrected chi connectivity index (χ2v) is 8.48. The molecule has 1 amide bonds. The molecule has 0 radical (unpaired) electrons. The van der Waals surface area contributed by atoms with E-state index in [0.717, 1.165) is 28.5 Å². The number of benzene rings is 2. The van der Waals surface area contributed by atoms with Crippen molar-refractivity contribution in [2.75, 3.05) is 12.4 Å². The minimum absolute atomic E-state index is 0.102. The van der Waals surface area contributed by atoms with Gasteiger partial charge in [0.2, 0.25) is 5.91 Å². The topological polar surface area (TPSA) is 78.3 Å². The Morgan fingerprint density at radius 2 is 2.16 bits per heavy atom. The van der Waals surface area contributed by atoms with E-state index in [1.54, 1.807) is 6.07 Å². The van der Waals surface area contributed by atoms with Gasteiger partial charge < -0.3 is 19.4 Å². The number of para-hydroxylation sites is 1. The second kappa shape index (κ2) is 9.62. The molecule has 1 aliphatic rings. The van der Waals surface area contributed by atoms with Gasteiger partial charge in [0.25, 0.3) is 0 Å². The summed E-state index contributed by atoms with van der Waals surface area (Å²) in [5.41, 5.74) is 1.97. The highest BCUT2D eigenvalue weighted by atomic mass is 35.5. The fourth-order valence-corrected chi connectivity index (χ4v) is 4.40. The molecule has 1 aliphatic heterocycles. The molecule has 7 nitrogen and oxygen atoms in total. The van der Waals surface area contributed by atoms with Gasteiger partial charge in [-0.1, -0.05) is 41.6 Å². The van der Waals surface area contributed by atoms with Gasteiger partial charge in [0.1, 0.15) is 24.7 Å². The molecule has 1 aromatic heterocycles. The number of carbonyl (C=O) groups excluding carboxylic acids is 1. The minimum atomic E-state index is -0.205. The Hall–Kier alpha value is -2.71. The smallest absolute Gasteiger partial charge is 0.231 e. The summed E-state index contributed by atoms with van der Waals surface area (Å²) in [4.78, 5) is 12.5. The maximum atomic E-state index is 12.5. The average Bonchev–Trinajstić information content (AvgIpc) is 3.35. The van der Waals surface area contributed by atoms with Crippen LogP contribution in [0.5, 0.6) is 11.5 Å². The molecule has 0 bridgehead atoms. The molecule has 0 unspecified atom stereocenters. The molecule has 0 aliphatic carbocycles. The van der Waals surface area contributed by atoms with E-state index in [1.807, 2.05) is 54.8 Å². The number of carbonyl (C=O) groups is 1. The lowest BCUT2D eigenvalue weighted by molar-refractivity contribution is -0.119. The number of amides is 1. The van der Waals surface area contributed by atoms with Crippen LogP contribution in [-0.2, 0) is 17.9 Å². The first-order valence-corrected chi connectivity index (χ1v) is 11.4. The van der Waals surface area contributed by atoms with Crippen LogP contribution >= 0.6 is 23.4 Å². The predicted molar refractivity (Wildman–Crippen MR) is 120 cm³/mol. The molecule has 3 aromatic rings. The Morgan fingerprint density at radius 3 is 2.97 bits per heavy atom. The van der Waals surface area contributed by atoms with E-state index < -0.39 is 0 Å². The molecule has 0 spiro atoms. The van der Waals surface area contributed by atoms with Crippen molar-refractivity contribution in [2.24, 2.45) is 0 Å². The number of aryl methyl sites for hydroxylation is 1. The summed E-state index contributed by atoms with van der Waals surface area (Å²) in [5.74, 6) is 2.42. The standard InChI is InChI=1S/C22H23ClN4O3S/c1-3-27-20(12-30-18-7-5-4-6-14(18)2)25-26-22(27)31-13-21(28)24-17-11-29-19-9-8-15(23)10-16(17)19/h4-10,17H,3,11-13H2,1-2H3,(H,24,28)/t17-/m0/s1. The molecule has 0 saturated carbocycles. The molecular formula is C22H23ClN4O3S. The third kappa shape index (κ3) is 4.97. The lowest BCUT2D eigenvalue weighted by Gasteiger charge is -2.12. The van der Waals surface area contributed by atoms with Crippen molar-refractivity contribution in [1.29, 1.82) is 0 Å². The number of rotatable bonds is 8. The van der Waals surface area contributed by atoms with E-state index >= 15 is 0 Å². The number of halogens is 1. The molecule has 0 fully saturated rings. The van der Waals surface area contributed by atoms with Gasteiger partial charge in [-0.2, -0.15) is 0 Å². The van der Waals surface area contributed by atoms with Crippen molar-refractivity contribution >= 4 is 29.3 Å². The maximum Gasteiger partial charge on any atom is 0.231 e. The summed E-state index contributed by atoms with van der Waals surface area (Å²) in [5, 5.41) is 12.8. The molecule has 4 rings (SSSR count). The van der Waals surface area contributed by atoms with Crippen LogP contribution in [0.25, 0.3) is 0 Å². The van der Waals surface area contributed by atoms with Crippen molar-refractivity contribution < 1.29 is 14.3 Å². The van der Waals surface area contributed by atoms with Crippen LogP contribution in [0.1, 0.15) is 29.9 Å². The van der Waals surface area contributed by atoms with Crippen LogP contribution in [-0.4, -0.2) is 33.0 Å². The minimum Gasteiger partial charge on any atom is -0.491 e. The number of hydrogen-bond acceptors (Lipinski definition) is 6. The summed E-state index contributed by atoms with van der Waals surface area (Å²) in [6.07, 6.45) is 0. The Morgan fingerprint density at radius 1 is 1.32 bits per heavy atom. The quantitative estimate of drug-likeness (QED) is 0.510. The molecule has 0 saturated heterocycles. The van der Waals surface area contributed by atoms with Crippen molar-refractivity contribution in [3.05, 3.63) is 64.4 Å². The van der Waals surface area contributed by atoms with E-state index in [9.17, 15) is 4.79 Å². The molecule has 1 N–H and O–H groups in total. The molecule has 162 valence electrons. The highest BCUT2D eigenvalue weighted by molar-refractivity contribution is 7.99. The summed E-state index contributed by atoms with van der Waals surface area (Å²) in [6, 6.07) is 13.1. The van der Waals surface area contributed by atoms with Gasteiger partial charge in [0.05, 0.1) is 11.8 Å². The lowest BCUT2D eigenvalue weighted by atomic mass is 10.1. The highest BCUT2D eigenvalue weighted by Crippen LogP contribution is 2.34. The first-order valence-electron chi connectivity index (χ1n) is 10.00. The number of ether oxygens (including phenoxy) is 2. The van der Waals surface area contributed by atoms with Crippen LogP contribution in [0.15, 0.2) is 47.6 Å². The van der Waals surface area contributed by atoms with Crippen molar-refractivity contribution in [3.8, 4) is 11.5 Å². The molecule has 2 aromatic carbocycles. The van der Waals surface area contributed by atoms with Gasteiger partial charge in [0.15, 0.2) is 11.0 Å². The lowest BCUT2D eigenvalue weighted by Crippen LogP contribution is -2.30. The monoisotopic (exact) mass is 458 g/mol. The van der Waals surface area contributed by atoms with Gasteiger partial charge in [-0.3, -0.25) is 4.79 Å². The van der Waals surface area contributed by atoms with Crippen LogP contribution in [0.2, 0.25) is 5.02 Å². The fourth-order valence-electron chi connectivity index (χ4n) is 3.38. The second-order valence-electron chi connectivity index (χ2n) is 7.10. The molecule has 2 heterocycles. The van der Waals surface area contributed by atoms with Gasteiger partial charge in [0, 0.05) is 17.1 Å². The Labute approximate surface area is 190 Å². The molecule has 1 atom stereocenters. The van der Waals surface area contributed by atoms with E-state index in [-0.39, 0.29) is 17.7 Å². The van der Waals surface area contributed by atoms with Crippen LogP contribution in [0.3, 0.4) is 0 Å². The van der Waals surface area contributed by atoms with Crippen molar-refractivity contribution in [3.63, 3.8) is 0 Å². The van der Waals surface area contributed by atoms with E-state index in [1.165, 1.54) is 11.8 Å². The summed E-state index contributed by atoms with van der Waals surface area (Å²) >= 11 is 7.42. The number of nitrogens with zero attached hydrogens (tertiary/aromatic N) is 3. The zero-order chi connectivity index (χ0) is 21.8. The average molecular weight is 459 g/mol. The van der Waals surface area contributed by atoms with E-state index in [2.05, 4.69) is 15.5 Å². The summed E-state index contributed by atoms with van der Waals surface area (Å²) in [7, 11) is 0. The summed E-state index contributed by atoms with van der Waals surface area (Å²) in [6.45, 7) is 5.42. The van der Waals surface area contributed by atoms with Crippen molar-refractivity contribution in [1.82, 2.24) is 20.1 Å². The zero-order valence-electron chi connectivity index (χ0n) is 17.3. The third-order valence-corrected chi connectivity index (χ3v) is 6.18. The third-order valence-electron chi connectivity index (χ3n) is 4.98. The molecular weight excluding hydrogens is 436 g/mol.